The molecule has 1 aliphatic carbocycles. The van der Waals surface area contributed by atoms with Crippen LogP contribution in [0.2, 0.25) is 0 Å². The van der Waals surface area contributed by atoms with Crippen LogP contribution in [0.15, 0.2) is 17.8 Å². The minimum Gasteiger partial charge on any atom is -0.221 e. The molecule has 1 heterocycles. The molecule has 11 heavy (non-hydrogen) atoms. The number of hydrogen-bond acceptors (Lipinski definition) is 3. The van der Waals surface area contributed by atoms with Crippen LogP contribution in [0.4, 0.5) is 0 Å². The van der Waals surface area contributed by atoms with E-state index in [2.05, 4.69) is 22.1 Å². The fraction of sp³-hybridized carbons (Fsp3) is 0.571. The molecule has 1 aliphatic rings. The lowest BCUT2D eigenvalue weighted by Crippen LogP contribution is -1.97. The molecule has 1 saturated carbocycles. The van der Waals surface area contributed by atoms with Gasteiger partial charge in [0.15, 0.2) is 0 Å². The maximum Gasteiger partial charge on any atom is 0.139 e. The Balaban J connectivity index is 2.05. The van der Waals surface area contributed by atoms with Gasteiger partial charge >= 0.3 is 0 Å². The van der Waals surface area contributed by atoms with E-state index in [1.807, 2.05) is 6.21 Å². The van der Waals surface area contributed by atoms with Crippen LogP contribution >= 0.6 is 0 Å². The lowest BCUT2D eigenvalue weighted by atomic mass is 10.2. The van der Waals surface area contributed by atoms with Gasteiger partial charge in [0.2, 0.25) is 0 Å². The first-order valence-corrected chi connectivity index (χ1v) is 3.69. The molecule has 0 saturated heterocycles. The van der Waals surface area contributed by atoms with Crippen molar-refractivity contribution in [2.75, 3.05) is 0 Å². The van der Waals surface area contributed by atoms with Crippen LogP contribution in [-0.2, 0) is 0 Å². The van der Waals surface area contributed by atoms with Gasteiger partial charge in [0.05, 0.1) is 0 Å². The summed E-state index contributed by atoms with van der Waals surface area (Å²) in [6.07, 6.45) is 7.49. The average Bonchev–Trinajstić information content (AvgIpc) is 2.53. The number of nitrogens with zero attached hydrogens (tertiary/aromatic N) is 4. The van der Waals surface area contributed by atoms with E-state index in [1.165, 1.54) is 24.0 Å². The third kappa shape index (κ3) is 1.45. The summed E-state index contributed by atoms with van der Waals surface area (Å²) in [6, 6.07) is 0. The molecule has 0 aromatic carbocycles. The maximum atomic E-state index is 4.12. The Morgan fingerprint density at radius 1 is 1.64 bits per heavy atom. The molecule has 0 unspecified atom stereocenters. The summed E-state index contributed by atoms with van der Waals surface area (Å²) in [5, 5.41) is 7.97. The number of rotatable bonds is 2. The van der Waals surface area contributed by atoms with Gasteiger partial charge in [-0.25, -0.2) is 4.98 Å². The van der Waals surface area contributed by atoms with Crippen LogP contribution in [0, 0.1) is 5.41 Å². The second kappa shape index (κ2) is 2.15. The van der Waals surface area contributed by atoms with Gasteiger partial charge in [0, 0.05) is 11.6 Å². The molecule has 1 fully saturated rings. The predicted octanol–water partition coefficient (Wildman–Crippen LogP) is 0.912. The smallest absolute Gasteiger partial charge is 0.139 e. The van der Waals surface area contributed by atoms with Crippen molar-refractivity contribution in [3.05, 3.63) is 12.7 Å². The van der Waals surface area contributed by atoms with Crippen LogP contribution in [-0.4, -0.2) is 21.1 Å². The van der Waals surface area contributed by atoms with Gasteiger partial charge in [-0.3, -0.25) is 0 Å². The Kier molecular flexibility index (Phi) is 1.27. The summed E-state index contributed by atoms with van der Waals surface area (Å²) in [6.45, 7) is 2.19. The van der Waals surface area contributed by atoms with E-state index >= 15 is 0 Å². The molecule has 0 radical (unpaired) electrons. The topological polar surface area (TPSA) is 43.1 Å². The quantitative estimate of drug-likeness (QED) is 0.588. The van der Waals surface area contributed by atoms with E-state index in [0.717, 1.165) is 0 Å². The molecular formula is C7H10N4. The summed E-state index contributed by atoms with van der Waals surface area (Å²) in [5.41, 5.74) is 0.339. The van der Waals surface area contributed by atoms with Crippen molar-refractivity contribution in [2.45, 2.75) is 19.8 Å². The Labute approximate surface area is 64.9 Å². The van der Waals surface area contributed by atoms with Gasteiger partial charge in [0.25, 0.3) is 0 Å². The highest BCUT2D eigenvalue weighted by Crippen LogP contribution is 2.42. The van der Waals surface area contributed by atoms with Crippen molar-refractivity contribution < 1.29 is 0 Å². The zero-order valence-corrected chi connectivity index (χ0v) is 6.44. The molecule has 4 heteroatoms. The van der Waals surface area contributed by atoms with Crippen molar-refractivity contribution in [3.8, 4) is 0 Å². The Hall–Kier alpha value is -1.19. The molecule has 0 bridgehead atoms. The molecular weight excluding hydrogens is 140 g/mol. The Bertz CT molecular complexity index is 258. The minimum absolute atomic E-state index is 0.339. The van der Waals surface area contributed by atoms with E-state index in [0.29, 0.717) is 5.41 Å². The van der Waals surface area contributed by atoms with Gasteiger partial charge in [-0.1, -0.05) is 6.92 Å². The van der Waals surface area contributed by atoms with Gasteiger partial charge in [-0.15, -0.1) is 9.89 Å². The van der Waals surface area contributed by atoms with Gasteiger partial charge in [0.1, 0.15) is 12.7 Å². The van der Waals surface area contributed by atoms with Crippen molar-refractivity contribution >= 4 is 6.21 Å². The lowest BCUT2D eigenvalue weighted by Gasteiger charge is -1.95. The Morgan fingerprint density at radius 2 is 2.45 bits per heavy atom. The molecule has 0 amide bonds. The molecule has 0 aliphatic heterocycles. The molecule has 0 spiro atoms. The second-order valence-corrected chi connectivity index (χ2v) is 3.21. The van der Waals surface area contributed by atoms with Gasteiger partial charge in [-0.2, -0.15) is 5.10 Å². The molecule has 0 N–H and O–H groups in total. The van der Waals surface area contributed by atoms with Gasteiger partial charge < -0.3 is 0 Å². The SMILES string of the molecule is CC1(/C=N/n2cncn2)CC1. The van der Waals surface area contributed by atoms with Crippen LogP contribution in [0.5, 0.6) is 0 Å². The zero-order chi connectivity index (χ0) is 7.73. The van der Waals surface area contributed by atoms with E-state index in [-0.39, 0.29) is 0 Å². The molecule has 1 aromatic heterocycles. The standard InChI is InChI=1S/C7H10N4/c1-7(2-3-7)4-9-11-6-8-5-10-11/h4-6H,2-3H2,1H3/b9-4+. The molecule has 1 aromatic rings. The van der Waals surface area contributed by atoms with Crippen molar-refractivity contribution in [1.29, 1.82) is 0 Å². The highest BCUT2D eigenvalue weighted by atomic mass is 15.5. The van der Waals surface area contributed by atoms with Gasteiger partial charge in [-0.05, 0) is 12.8 Å². The summed E-state index contributed by atoms with van der Waals surface area (Å²) in [4.78, 5) is 5.26. The fourth-order valence-electron chi connectivity index (χ4n) is 0.786. The Morgan fingerprint density at radius 3 is 3.00 bits per heavy atom. The van der Waals surface area contributed by atoms with E-state index in [1.54, 1.807) is 6.33 Å². The number of hydrogen-bond donors (Lipinski definition) is 0. The first-order valence-electron chi connectivity index (χ1n) is 3.69. The summed E-state index contributed by atoms with van der Waals surface area (Å²) >= 11 is 0. The monoisotopic (exact) mass is 150 g/mol. The van der Waals surface area contributed by atoms with Crippen LogP contribution in [0.25, 0.3) is 0 Å². The lowest BCUT2D eigenvalue weighted by molar-refractivity contribution is 0.717. The highest BCUT2D eigenvalue weighted by Gasteiger charge is 2.35. The summed E-state index contributed by atoms with van der Waals surface area (Å²) in [7, 11) is 0. The first kappa shape index (κ1) is 6.52. The van der Waals surface area contributed by atoms with E-state index < -0.39 is 0 Å². The summed E-state index contributed by atoms with van der Waals surface area (Å²) in [5.74, 6) is 0. The van der Waals surface area contributed by atoms with Crippen molar-refractivity contribution in [3.63, 3.8) is 0 Å². The average molecular weight is 150 g/mol. The normalized spacial score (nSPS) is 20.8. The largest absolute Gasteiger partial charge is 0.221 e. The molecule has 2 rings (SSSR count). The molecule has 0 atom stereocenters. The molecule has 4 nitrogen and oxygen atoms in total. The van der Waals surface area contributed by atoms with Crippen LogP contribution in [0.3, 0.4) is 0 Å². The third-order valence-corrected chi connectivity index (χ3v) is 1.93. The van der Waals surface area contributed by atoms with Crippen LogP contribution < -0.4 is 0 Å². The predicted molar refractivity (Wildman–Crippen MR) is 41.3 cm³/mol. The van der Waals surface area contributed by atoms with E-state index in [9.17, 15) is 0 Å². The zero-order valence-electron chi connectivity index (χ0n) is 6.44. The fourth-order valence-corrected chi connectivity index (χ4v) is 0.786. The molecule has 58 valence electrons. The maximum absolute atomic E-state index is 4.12. The van der Waals surface area contributed by atoms with Crippen molar-refractivity contribution in [1.82, 2.24) is 14.9 Å². The van der Waals surface area contributed by atoms with Crippen molar-refractivity contribution in [2.24, 2.45) is 10.5 Å². The third-order valence-electron chi connectivity index (χ3n) is 1.93. The first-order chi connectivity index (χ1) is 5.29. The van der Waals surface area contributed by atoms with E-state index in [4.69, 9.17) is 0 Å². The van der Waals surface area contributed by atoms with Crippen LogP contribution in [0.1, 0.15) is 19.8 Å². The minimum atomic E-state index is 0.339. The highest BCUT2D eigenvalue weighted by molar-refractivity contribution is 5.68. The second-order valence-electron chi connectivity index (χ2n) is 3.21. The summed E-state index contributed by atoms with van der Waals surface area (Å²) < 4.78 is 0. The number of aromatic nitrogens is 3.